The molecule has 0 saturated carbocycles. The van der Waals surface area contributed by atoms with Crippen molar-refractivity contribution in [1.82, 2.24) is 20.7 Å². The van der Waals surface area contributed by atoms with Gasteiger partial charge in [-0.2, -0.15) is 0 Å². The van der Waals surface area contributed by atoms with Gasteiger partial charge in [-0.15, -0.1) is 28.7 Å². The van der Waals surface area contributed by atoms with Crippen LogP contribution in [0.25, 0.3) is 0 Å². The number of hydrogen-bond acceptors (Lipinski definition) is 9. The quantitative estimate of drug-likeness (QED) is 0.0814. The van der Waals surface area contributed by atoms with Crippen LogP contribution >= 0.6 is 28.7 Å². The van der Waals surface area contributed by atoms with Crippen LogP contribution in [0.1, 0.15) is 128 Å². The van der Waals surface area contributed by atoms with Gasteiger partial charge in [0.2, 0.25) is 0 Å². The van der Waals surface area contributed by atoms with Crippen LogP contribution in [-0.4, -0.2) is 67.1 Å². The van der Waals surface area contributed by atoms with Crippen LogP contribution in [0.2, 0.25) is 0 Å². The third-order valence-corrected chi connectivity index (χ3v) is 8.54. The van der Waals surface area contributed by atoms with Crippen LogP contribution in [0.5, 0.6) is 5.88 Å². The molecule has 0 bridgehead atoms. The predicted octanol–water partition coefficient (Wildman–Crippen LogP) is 9.28. The number of alkyl carbamates (subject to hydrolysis) is 2. The highest BCUT2D eigenvalue weighted by atomic mass is 79.9. The third-order valence-electron chi connectivity index (χ3n) is 7.74. The van der Waals surface area contributed by atoms with E-state index < -0.39 is 18.3 Å². The third kappa shape index (κ3) is 23.3. The Kier molecular flexibility index (Phi) is 26.5. The van der Waals surface area contributed by atoms with Gasteiger partial charge in [-0.25, -0.2) is 9.59 Å². The number of carbonyl (C=O) groups is 2. The molecule has 1 aromatic heterocycles. The first-order valence-corrected chi connectivity index (χ1v) is 18.5. The molecule has 1 aliphatic heterocycles. The zero-order valence-corrected chi connectivity index (χ0v) is 31.0. The van der Waals surface area contributed by atoms with E-state index in [9.17, 15) is 9.59 Å². The smallest absolute Gasteiger partial charge is 0.407 e. The maximum absolute atomic E-state index is 12.3. The molecule has 1 atom stereocenters. The number of hydrogen-bond donors (Lipinski definition) is 2. The molecule has 1 aromatic rings. The van der Waals surface area contributed by atoms with Gasteiger partial charge in [-0.3, -0.25) is 0 Å². The Hall–Kier alpha value is -2.08. The zero-order chi connectivity index (χ0) is 32.2. The predicted molar refractivity (Wildman–Crippen MR) is 192 cm³/mol. The van der Waals surface area contributed by atoms with Gasteiger partial charge in [-0.05, 0) is 43.2 Å². The Morgan fingerprint density at radius 2 is 1.33 bits per heavy atom. The van der Waals surface area contributed by atoms with E-state index in [1.807, 2.05) is 0 Å². The largest absolute Gasteiger partial charge is 0.465 e. The molecule has 0 saturated heterocycles. The average Bonchev–Trinajstić information content (AvgIpc) is 3.71. The summed E-state index contributed by atoms with van der Waals surface area (Å²) in [4.78, 5) is 26.7. The van der Waals surface area contributed by atoms with Crippen LogP contribution in [-0.2, 0) is 9.47 Å². The molecule has 2 N–H and O–H groups in total. The molecule has 1 aliphatic rings. The Balaban J connectivity index is 0.0000106. The summed E-state index contributed by atoms with van der Waals surface area (Å²) in [5.41, 5.74) is 0. The number of ether oxygens (including phenoxy) is 3. The van der Waals surface area contributed by atoms with E-state index in [1.165, 1.54) is 83.5 Å². The molecule has 0 aliphatic carbocycles. The Morgan fingerprint density at radius 1 is 0.826 bits per heavy atom. The number of aryl methyl sites for hydroxylation is 1. The molecule has 2 amide bonds. The van der Waals surface area contributed by atoms with Crippen molar-refractivity contribution >= 4 is 40.9 Å². The van der Waals surface area contributed by atoms with Crippen molar-refractivity contribution in [2.45, 2.75) is 136 Å². The Morgan fingerprint density at radius 3 is 1.78 bits per heavy atom. The summed E-state index contributed by atoms with van der Waals surface area (Å²) in [6.07, 6.45) is 22.9. The van der Waals surface area contributed by atoms with E-state index in [4.69, 9.17) is 18.7 Å². The van der Waals surface area contributed by atoms with Gasteiger partial charge in [0.1, 0.15) is 19.0 Å². The fourth-order valence-corrected chi connectivity index (χ4v) is 5.82. The number of thioether (sulfide) groups is 1. The van der Waals surface area contributed by atoms with Crippen molar-refractivity contribution in [1.29, 1.82) is 0 Å². The molecule has 46 heavy (non-hydrogen) atoms. The molecule has 266 valence electrons. The fraction of sp³-hybridized carbons (Fsp3) is 0.794. The molecule has 0 radical (unpaired) electrons. The summed E-state index contributed by atoms with van der Waals surface area (Å²) < 4.78 is 21.5. The molecule has 2 heterocycles. The summed E-state index contributed by atoms with van der Waals surface area (Å²) in [6.45, 7) is 5.97. The second-order valence-electron chi connectivity index (χ2n) is 12.0. The average molecular weight is 734 g/mol. The van der Waals surface area contributed by atoms with Crippen molar-refractivity contribution in [2.24, 2.45) is 0 Å². The molecule has 0 spiro atoms. The summed E-state index contributed by atoms with van der Waals surface area (Å²) >= 11 is 1.80. The molecule has 0 fully saturated rings. The van der Waals surface area contributed by atoms with Gasteiger partial charge < -0.3 is 34.3 Å². The molecular weight excluding hydrogens is 672 g/mol. The van der Waals surface area contributed by atoms with Crippen molar-refractivity contribution in [3.8, 4) is 5.88 Å². The number of nitrogens with one attached hydrogen (secondary N) is 2. The first-order chi connectivity index (χ1) is 22.1. The van der Waals surface area contributed by atoms with E-state index in [2.05, 4.69) is 39.2 Å². The van der Waals surface area contributed by atoms with Gasteiger partial charge in [0.25, 0.3) is 5.88 Å². The van der Waals surface area contributed by atoms with E-state index >= 15 is 0 Å². The number of halogens is 1. The van der Waals surface area contributed by atoms with Gasteiger partial charge in [-0.1, -0.05) is 96.8 Å². The lowest BCUT2D eigenvalue weighted by Gasteiger charge is -2.18. The van der Waals surface area contributed by atoms with Crippen LogP contribution in [0, 0.1) is 6.92 Å². The number of amides is 2. The van der Waals surface area contributed by atoms with E-state index in [1.54, 1.807) is 24.8 Å². The van der Waals surface area contributed by atoms with Crippen molar-refractivity contribution in [2.75, 3.05) is 38.7 Å². The zero-order valence-electron chi connectivity index (χ0n) is 28.4. The standard InChI is InChI=1S/C34H60N4O6S.BrH/c1-3-4-5-6-7-8-9-10-11-12-13-14-15-16-18-21-35-33(39)41-27-31(43-32-26-30(2)44-37-32)28-42-34(40)36-22-19-17-20-23-38-24-25-45-29-38;/h24-26,31H,3-23,27-29H2,1-2H3,(H,35,39)(H,36,40);1H/t31-;/m0./s1. The lowest BCUT2D eigenvalue weighted by atomic mass is 10.0. The normalized spacial score (nSPS) is 12.9. The maximum atomic E-state index is 12.3. The minimum atomic E-state index is -0.719. The van der Waals surface area contributed by atoms with Gasteiger partial charge in [0.05, 0.1) is 5.88 Å². The molecule has 0 aromatic carbocycles. The van der Waals surface area contributed by atoms with E-state index in [0.717, 1.165) is 44.5 Å². The molecule has 12 heteroatoms. The molecule has 2 rings (SSSR count). The molecule has 0 unspecified atom stereocenters. The maximum Gasteiger partial charge on any atom is 0.407 e. The Labute approximate surface area is 292 Å². The first kappa shape index (κ1) is 41.9. The molecular formula is C34H61BrN4O6S. The van der Waals surface area contributed by atoms with E-state index in [0.29, 0.717) is 18.8 Å². The summed E-state index contributed by atoms with van der Waals surface area (Å²) in [7, 11) is 0. The lowest BCUT2D eigenvalue weighted by Crippen LogP contribution is -2.36. The topological polar surface area (TPSA) is 115 Å². The summed E-state index contributed by atoms with van der Waals surface area (Å²) in [5.74, 6) is 1.85. The van der Waals surface area contributed by atoms with Crippen LogP contribution < -0.4 is 15.4 Å². The number of unbranched alkanes of at least 4 members (excludes halogenated alkanes) is 16. The lowest BCUT2D eigenvalue weighted by molar-refractivity contribution is 0.0324. The monoisotopic (exact) mass is 732 g/mol. The Bertz CT molecular complexity index is 922. The minimum absolute atomic E-state index is 0. The second-order valence-corrected chi connectivity index (χ2v) is 12.8. The minimum Gasteiger partial charge on any atom is -0.465 e. The summed E-state index contributed by atoms with van der Waals surface area (Å²) in [6, 6.07) is 1.63. The number of aromatic nitrogens is 1. The number of rotatable bonds is 28. The van der Waals surface area contributed by atoms with E-state index in [-0.39, 0.29) is 36.1 Å². The SMILES string of the molecule is Br.CCCCCCCCCCCCCCCCCNC(=O)OC[C@@H](COC(=O)NCCCCCN1C=CSC1)Oc1cc(C)on1. The van der Waals surface area contributed by atoms with Gasteiger partial charge in [0.15, 0.2) is 6.10 Å². The highest BCUT2D eigenvalue weighted by Gasteiger charge is 2.18. The first-order valence-electron chi connectivity index (χ1n) is 17.5. The number of nitrogens with zero attached hydrogens (tertiary/aromatic N) is 2. The van der Waals surface area contributed by atoms with Gasteiger partial charge >= 0.3 is 12.2 Å². The van der Waals surface area contributed by atoms with Crippen molar-refractivity contribution in [3.63, 3.8) is 0 Å². The van der Waals surface area contributed by atoms with Crippen LogP contribution in [0.15, 0.2) is 22.2 Å². The summed E-state index contributed by atoms with van der Waals surface area (Å²) in [5, 5.41) is 11.5. The highest BCUT2D eigenvalue weighted by Crippen LogP contribution is 2.16. The highest BCUT2D eigenvalue weighted by molar-refractivity contribution is 8.93. The van der Waals surface area contributed by atoms with Crippen molar-refractivity contribution < 1.29 is 28.3 Å². The van der Waals surface area contributed by atoms with Gasteiger partial charge in [0, 0.05) is 31.9 Å². The van der Waals surface area contributed by atoms with Crippen LogP contribution in [0.4, 0.5) is 9.59 Å². The second kappa shape index (κ2) is 29.1. The fourth-order valence-electron chi connectivity index (χ4n) is 5.07. The molecule has 10 nitrogen and oxygen atoms in total. The van der Waals surface area contributed by atoms with Crippen LogP contribution in [0.3, 0.4) is 0 Å². The van der Waals surface area contributed by atoms with Crippen molar-refractivity contribution in [3.05, 3.63) is 23.4 Å². The number of carbonyl (C=O) groups excluding carboxylic acids is 2.